The Morgan fingerprint density at radius 1 is 0.891 bits per heavy atom. The smallest absolute Gasteiger partial charge is 0.247 e. The van der Waals surface area contributed by atoms with Gasteiger partial charge in [0.1, 0.15) is 6.04 Å². The summed E-state index contributed by atoms with van der Waals surface area (Å²) in [6.45, 7) is 1.32. The molecular formula is C37H34N6O3. The van der Waals surface area contributed by atoms with E-state index < -0.39 is 6.04 Å². The fourth-order valence-electron chi connectivity index (χ4n) is 5.61. The number of ether oxygens (including phenoxy) is 1. The lowest BCUT2D eigenvalue weighted by Crippen LogP contribution is -2.52. The van der Waals surface area contributed by atoms with E-state index in [1.165, 1.54) is 18.7 Å². The van der Waals surface area contributed by atoms with E-state index in [0.29, 0.717) is 31.1 Å². The lowest BCUT2D eigenvalue weighted by atomic mass is 9.97. The maximum absolute atomic E-state index is 14.5. The van der Waals surface area contributed by atoms with Crippen LogP contribution >= 0.6 is 0 Å². The van der Waals surface area contributed by atoms with Crippen molar-refractivity contribution in [3.8, 4) is 17.1 Å². The van der Waals surface area contributed by atoms with E-state index in [0.717, 1.165) is 34.4 Å². The molecule has 0 saturated carbocycles. The highest BCUT2D eigenvalue weighted by atomic mass is 16.5. The van der Waals surface area contributed by atoms with Crippen LogP contribution in [0, 0.1) is 0 Å². The lowest BCUT2D eigenvalue weighted by Gasteiger charge is -2.37. The fraction of sp³-hybridized carbons (Fsp3) is 0.189. The second-order valence-corrected chi connectivity index (χ2v) is 11.1. The molecule has 2 amide bonds. The van der Waals surface area contributed by atoms with Crippen molar-refractivity contribution in [2.45, 2.75) is 32.0 Å². The molecule has 2 aromatic heterocycles. The highest BCUT2D eigenvalue weighted by Crippen LogP contribution is 2.24. The van der Waals surface area contributed by atoms with Crippen LogP contribution in [0.5, 0.6) is 5.88 Å². The van der Waals surface area contributed by atoms with E-state index in [4.69, 9.17) is 4.74 Å². The molecule has 1 atom stereocenters. The Morgan fingerprint density at radius 3 is 2.39 bits per heavy atom. The Balaban J connectivity index is 1.34. The van der Waals surface area contributed by atoms with E-state index in [2.05, 4.69) is 32.3 Å². The molecule has 9 heteroatoms. The minimum absolute atomic E-state index is 0.0828. The monoisotopic (exact) mass is 610 g/mol. The number of carbonyl (C=O) groups is 2. The number of rotatable bonds is 10. The van der Waals surface area contributed by atoms with Crippen molar-refractivity contribution >= 4 is 17.9 Å². The predicted octanol–water partition coefficient (Wildman–Crippen LogP) is 5.18. The average Bonchev–Trinajstić information content (AvgIpc) is 3.13. The summed E-state index contributed by atoms with van der Waals surface area (Å²) in [6.07, 6.45) is 9.22. The molecule has 3 aromatic carbocycles. The number of hydrogen-bond donors (Lipinski definition) is 0. The predicted molar refractivity (Wildman–Crippen MR) is 175 cm³/mol. The minimum Gasteiger partial charge on any atom is -0.480 e. The van der Waals surface area contributed by atoms with E-state index in [1.807, 2.05) is 71.6 Å². The standard InChI is InChI=1S/C37H34N6O3/c1-46-35-17-15-32(40-41-35)16-18-36(44)43(25-28-11-13-30(14-12-28)33-24-38-20-21-39-33)34(23-27-7-3-2-4-8-27)37(45)42-22-19-29-9-5-6-10-31(29)26-42/h2-18,20-21,24,34H,19,22-23,25-26H2,1H3/t34-/m0/s1. The molecule has 9 nitrogen and oxygen atoms in total. The number of amides is 2. The van der Waals surface area contributed by atoms with Crippen molar-refractivity contribution in [2.24, 2.45) is 0 Å². The number of carbonyl (C=O) groups excluding carboxylic acids is 2. The molecule has 230 valence electrons. The average molecular weight is 611 g/mol. The van der Waals surface area contributed by atoms with Crippen molar-refractivity contribution in [1.29, 1.82) is 0 Å². The zero-order valence-electron chi connectivity index (χ0n) is 25.6. The molecule has 0 bridgehead atoms. The molecule has 1 aliphatic rings. The maximum Gasteiger partial charge on any atom is 0.247 e. The molecule has 5 aromatic rings. The Hall–Kier alpha value is -5.70. The van der Waals surface area contributed by atoms with Crippen molar-refractivity contribution in [1.82, 2.24) is 30.0 Å². The summed E-state index contributed by atoms with van der Waals surface area (Å²) >= 11 is 0. The zero-order valence-corrected chi connectivity index (χ0v) is 25.6. The number of benzene rings is 3. The van der Waals surface area contributed by atoms with E-state index in [9.17, 15) is 9.59 Å². The Morgan fingerprint density at radius 2 is 1.67 bits per heavy atom. The first-order chi connectivity index (χ1) is 22.6. The first-order valence-corrected chi connectivity index (χ1v) is 15.2. The summed E-state index contributed by atoms with van der Waals surface area (Å²) in [5.74, 6) is -0.00509. The van der Waals surface area contributed by atoms with Crippen LogP contribution in [0.4, 0.5) is 0 Å². The van der Waals surface area contributed by atoms with Gasteiger partial charge in [0.15, 0.2) is 0 Å². The van der Waals surface area contributed by atoms with Gasteiger partial charge in [-0.2, -0.15) is 0 Å². The molecular weight excluding hydrogens is 576 g/mol. The van der Waals surface area contributed by atoms with E-state index >= 15 is 0 Å². The Labute approximate surface area is 268 Å². The molecule has 0 unspecified atom stereocenters. The van der Waals surface area contributed by atoms with Crippen LogP contribution in [0.25, 0.3) is 17.3 Å². The second kappa shape index (κ2) is 14.4. The number of nitrogens with zero attached hydrogens (tertiary/aromatic N) is 6. The molecule has 1 aliphatic heterocycles. The summed E-state index contributed by atoms with van der Waals surface area (Å²) in [6, 6.07) is 28.6. The first kappa shape index (κ1) is 30.3. The van der Waals surface area contributed by atoms with Gasteiger partial charge in [0.25, 0.3) is 0 Å². The second-order valence-electron chi connectivity index (χ2n) is 11.1. The van der Waals surface area contributed by atoms with Crippen LogP contribution < -0.4 is 4.74 Å². The summed E-state index contributed by atoms with van der Waals surface area (Å²) in [7, 11) is 1.52. The molecule has 46 heavy (non-hydrogen) atoms. The summed E-state index contributed by atoms with van der Waals surface area (Å²) < 4.78 is 5.11. The zero-order chi connectivity index (χ0) is 31.7. The third-order valence-corrected chi connectivity index (χ3v) is 8.09. The highest BCUT2D eigenvalue weighted by Gasteiger charge is 2.34. The summed E-state index contributed by atoms with van der Waals surface area (Å²) in [4.78, 5) is 40.7. The van der Waals surface area contributed by atoms with Crippen molar-refractivity contribution in [3.63, 3.8) is 0 Å². The molecule has 6 rings (SSSR count). The van der Waals surface area contributed by atoms with E-state index in [-0.39, 0.29) is 18.4 Å². The number of aromatic nitrogens is 4. The van der Waals surface area contributed by atoms with E-state index in [1.54, 1.807) is 41.7 Å². The Kier molecular flexibility index (Phi) is 9.49. The van der Waals surface area contributed by atoms with Gasteiger partial charge in [0, 0.05) is 56.2 Å². The van der Waals surface area contributed by atoms with Crippen molar-refractivity contribution in [3.05, 3.63) is 144 Å². The van der Waals surface area contributed by atoms with Gasteiger partial charge in [-0.1, -0.05) is 78.9 Å². The van der Waals surface area contributed by atoms with Crippen molar-refractivity contribution < 1.29 is 14.3 Å². The van der Waals surface area contributed by atoms with Gasteiger partial charge in [-0.15, -0.1) is 10.2 Å². The van der Waals surface area contributed by atoms with Gasteiger partial charge in [-0.05, 0) is 40.8 Å². The minimum atomic E-state index is -0.744. The largest absolute Gasteiger partial charge is 0.480 e. The SMILES string of the molecule is COc1ccc(C=CC(=O)N(Cc2ccc(-c3cnccn3)cc2)[C@@H](Cc2ccccc2)C(=O)N2CCc3ccccc3C2)nn1. The van der Waals surface area contributed by atoms with Crippen LogP contribution in [-0.2, 0) is 35.5 Å². The molecule has 0 N–H and O–H groups in total. The maximum atomic E-state index is 14.5. The molecule has 0 saturated heterocycles. The summed E-state index contributed by atoms with van der Waals surface area (Å²) in [5, 5.41) is 8.13. The van der Waals surface area contributed by atoms with Gasteiger partial charge in [-0.25, -0.2) is 0 Å². The summed E-state index contributed by atoms with van der Waals surface area (Å²) in [5.41, 5.74) is 6.42. The van der Waals surface area contributed by atoms with Gasteiger partial charge >= 0.3 is 0 Å². The highest BCUT2D eigenvalue weighted by molar-refractivity contribution is 5.95. The first-order valence-electron chi connectivity index (χ1n) is 15.2. The molecule has 0 spiro atoms. The quantitative estimate of drug-likeness (QED) is 0.201. The normalized spacial score (nSPS) is 13.2. The molecule has 3 heterocycles. The number of fused-ring (bicyclic) bond motifs is 1. The molecule has 0 fully saturated rings. The van der Waals surface area contributed by atoms with Crippen LogP contribution in [-0.4, -0.2) is 61.5 Å². The Bertz CT molecular complexity index is 1800. The molecule has 0 aliphatic carbocycles. The van der Waals surface area contributed by atoms with Gasteiger partial charge in [0.2, 0.25) is 17.7 Å². The van der Waals surface area contributed by atoms with Crippen molar-refractivity contribution in [2.75, 3.05) is 13.7 Å². The topological polar surface area (TPSA) is 101 Å². The molecule has 0 radical (unpaired) electrons. The number of hydrogen-bond acceptors (Lipinski definition) is 7. The number of methoxy groups -OCH3 is 1. The van der Waals surface area contributed by atoms with Crippen LogP contribution in [0.15, 0.2) is 116 Å². The van der Waals surface area contributed by atoms with Crippen LogP contribution in [0.2, 0.25) is 0 Å². The van der Waals surface area contributed by atoms with Crippen LogP contribution in [0.1, 0.15) is 27.9 Å². The van der Waals surface area contributed by atoms with Gasteiger partial charge in [-0.3, -0.25) is 19.6 Å². The third kappa shape index (κ3) is 7.32. The fourth-order valence-corrected chi connectivity index (χ4v) is 5.61. The lowest BCUT2D eigenvalue weighted by molar-refractivity contribution is -0.144. The van der Waals surface area contributed by atoms with Gasteiger partial charge in [0.05, 0.1) is 24.7 Å². The van der Waals surface area contributed by atoms with Crippen LogP contribution in [0.3, 0.4) is 0 Å². The third-order valence-electron chi connectivity index (χ3n) is 8.09. The van der Waals surface area contributed by atoms with Gasteiger partial charge < -0.3 is 14.5 Å².